The molecule has 1 heterocycles. The number of hydrogen-bond donors (Lipinski definition) is 2. The minimum absolute atomic E-state index is 0.192. The van der Waals surface area contributed by atoms with Crippen molar-refractivity contribution in [3.63, 3.8) is 0 Å². The summed E-state index contributed by atoms with van der Waals surface area (Å²) in [5.41, 5.74) is 1.79. The van der Waals surface area contributed by atoms with E-state index in [-0.39, 0.29) is 5.75 Å². The topological polar surface area (TPSA) is 53.8 Å². The highest BCUT2D eigenvalue weighted by Crippen LogP contribution is 2.32. The average Bonchev–Trinajstić information content (AvgIpc) is 2.96. The number of aromatic amines is 1. The molecule has 0 bridgehead atoms. The molecule has 0 atom stereocenters. The SMILES string of the molecule is Oc1cc2ccccc2cc1-c1n[nH]c(=S)n1Cc1ccccc1. The number of phenolic OH excluding ortho intramolecular Hbond substituents is 1. The molecule has 0 saturated heterocycles. The lowest BCUT2D eigenvalue weighted by Crippen LogP contribution is -2.02. The molecule has 24 heavy (non-hydrogen) atoms. The van der Waals surface area contributed by atoms with Gasteiger partial charge in [-0.3, -0.25) is 9.67 Å². The van der Waals surface area contributed by atoms with Crippen LogP contribution in [0.3, 0.4) is 0 Å². The fourth-order valence-corrected chi connectivity index (χ4v) is 3.04. The van der Waals surface area contributed by atoms with Crippen LogP contribution < -0.4 is 0 Å². The van der Waals surface area contributed by atoms with Crippen molar-refractivity contribution in [1.82, 2.24) is 14.8 Å². The Morgan fingerprint density at radius 1 is 0.958 bits per heavy atom. The van der Waals surface area contributed by atoms with Gasteiger partial charge in [0.25, 0.3) is 0 Å². The van der Waals surface area contributed by atoms with Crippen molar-refractivity contribution >= 4 is 23.0 Å². The van der Waals surface area contributed by atoms with Gasteiger partial charge in [-0.1, -0.05) is 54.6 Å². The zero-order valence-electron chi connectivity index (χ0n) is 12.8. The van der Waals surface area contributed by atoms with Crippen molar-refractivity contribution in [3.8, 4) is 17.1 Å². The molecule has 3 aromatic carbocycles. The smallest absolute Gasteiger partial charge is 0.195 e. The first kappa shape index (κ1) is 14.7. The zero-order valence-corrected chi connectivity index (χ0v) is 13.6. The van der Waals surface area contributed by atoms with Gasteiger partial charge in [0.15, 0.2) is 10.6 Å². The lowest BCUT2D eigenvalue weighted by Gasteiger charge is -2.10. The minimum Gasteiger partial charge on any atom is -0.507 e. The molecule has 4 rings (SSSR count). The van der Waals surface area contributed by atoms with Gasteiger partial charge < -0.3 is 5.11 Å². The monoisotopic (exact) mass is 333 g/mol. The van der Waals surface area contributed by atoms with E-state index in [2.05, 4.69) is 10.2 Å². The van der Waals surface area contributed by atoms with Gasteiger partial charge in [0.05, 0.1) is 12.1 Å². The number of phenols is 1. The fraction of sp³-hybridized carbons (Fsp3) is 0.0526. The average molecular weight is 333 g/mol. The molecule has 0 aliphatic heterocycles. The van der Waals surface area contributed by atoms with Crippen LogP contribution in [0.5, 0.6) is 5.75 Å². The second-order valence-electron chi connectivity index (χ2n) is 5.64. The molecule has 2 N–H and O–H groups in total. The third-order valence-electron chi connectivity index (χ3n) is 4.05. The van der Waals surface area contributed by atoms with Gasteiger partial charge >= 0.3 is 0 Å². The van der Waals surface area contributed by atoms with Crippen molar-refractivity contribution < 1.29 is 5.11 Å². The number of aromatic hydroxyl groups is 1. The Hall–Kier alpha value is -2.92. The number of rotatable bonds is 3. The lowest BCUT2D eigenvalue weighted by molar-refractivity contribution is 0.477. The van der Waals surface area contributed by atoms with Crippen LogP contribution in [-0.4, -0.2) is 19.9 Å². The van der Waals surface area contributed by atoms with Gasteiger partial charge in [-0.2, -0.15) is 5.10 Å². The molecule has 118 valence electrons. The summed E-state index contributed by atoms with van der Waals surface area (Å²) in [7, 11) is 0. The van der Waals surface area contributed by atoms with E-state index in [0.29, 0.717) is 22.7 Å². The summed E-state index contributed by atoms with van der Waals surface area (Å²) < 4.78 is 2.43. The second kappa shape index (κ2) is 5.94. The predicted molar refractivity (Wildman–Crippen MR) is 97.6 cm³/mol. The van der Waals surface area contributed by atoms with Crippen LogP contribution in [0, 0.1) is 4.77 Å². The van der Waals surface area contributed by atoms with Crippen LogP contribution in [0.2, 0.25) is 0 Å². The Morgan fingerprint density at radius 3 is 2.38 bits per heavy atom. The Morgan fingerprint density at radius 2 is 1.62 bits per heavy atom. The Bertz CT molecular complexity index is 1070. The van der Waals surface area contributed by atoms with Crippen molar-refractivity contribution in [3.05, 3.63) is 77.1 Å². The standard InChI is InChI=1S/C19H15N3OS/c23-17-11-15-9-5-4-8-14(15)10-16(17)18-20-21-19(24)22(18)12-13-6-2-1-3-7-13/h1-11,23H,12H2,(H,21,24). The highest BCUT2D eigenvalue weighted by molar-refractivity contribution is 7.71. The molecular weight excluding hydrogens is 318 g/mol. The summed E-state index contributed by atoms with van der Waals surface area (Å²) in [4.78, 5) is 0. The Kier molecular flexibility index (Phi) is 3.63. The van der Waals surface area contributed by atoms with Gasteiger partial charge in [-0.25, -0.2) is 0 Å². The first-order valence-corrected chi connectivity index (χ1v) is 8.04. The van der Waals surface area contributed by atoms with Crippen LogP contribution in [0.4, 0.5) is 0 Å². The third kappa shape index (κ3) is 2.59. The van der Waals surface area contributed by atoms with Gasteiger partial charge in [0.1, 0.15) is 5.75 Å². The number of H-pyrrole nitrogens is 1. The number of benzene rings is 3. The number of fused-ring (bicyclic) bond motifs is 1. The summed E-state index contributed by atoms with van der Waals surface area (Å²) in [6.45, 7) is 0.595. The van der Waals surface area contributed by atoms with Gasteiger partial charge in [0.2, 0.25) is 0 Å². The van der Waals surface area contributed by atoms with Crippen molar-refractivity contribution in [2.24, 2.45) is 0 Å². The van der Waals surface area contributed by atoms with Crippen molar-refractivity contribution in [1.29, 1.82) is 0 Å². The maximum Gasteiger partial charge on any atom is 0.195 e. The lowest BCUT2D eigenvalue weighted by atomic mass is 10.1. The normalized spacial score (nSPS) is 11.0. The van der Waals surface area contributed by atoms with Gasteiger partial charge in [-0.15, -0.1) is 0 Å². The Labute approximate surface area is 144 Å². The molecule has 4 nitrogen and oxygen atoms in total. The molecule has 0 aliphatic carbocycles. The van der Waals surface area contributed by atoms with Crippen molar-refractivity contribution in [2.45, 2.75) is 6.54 Å². The number of nitrogens with zero attached hydrogens (tertiary/aromatic N) is 2. The van der Waals surface area contributed by atoms with E-state index < -0.39 is 0 Å². The maximum absolute atomic E-state index is 10.5. The van der Waals surface area contributed by atoms with Gasteiger partial charge in [-0.05, 0) is 40.7 Å². The molecular formula is C19H15N3OS. The highest BCUT2D eigenvalue weighted by atomic mass is 32.1. The summed E-state index contributed by atoms with van der Waals surface area (Å²) in [5.74, 6) is 0.823. The van der Waals surface area contributed by atoms with Crippen LogP contribution in [0.15, 0.2) is 66.7 Å². The molecule has 0 spiro atoms. The quantitative estimate of drug-likeness (QED) is 0.542. The molecule has 0 fully saturated rings. The first-order chi connectivity index (χ1) is 11.7. The van der Waals surface area contributed by atoms with E-state index in [1.165, 1.54) is 0 Å². The van der Waals surface area contributed by atoms with Gasteiger partial charge in [0, 0.05) is 0 Å². The van der Waals surface area contributed by atoms with Crippen LogP contribution >= 0.6 is 12.2 Å². The number of aromatic nitrogens is 3. The molecule has 0 unspecified atom stereocenters. The van der Waals surface area contributed by atoms with E-state index >= 15 is 0 Å². The first-order valence-electron chi connectivity index (χ1n) is 7.63. The Balaban J connectivity index is 1.86. The number of hydrogen-bond acceptors (Lipinski definition) is 3. The maximum atomic E-state index is 10.5. The molecule has 0 saturated carbocycles. The van der Waals surface area contributed by atoms with E-state index in [9.17, 15) is 5.11 Å². The molecule has 0 amide bonds. The van der Waals surface area contributed by atoms with Crippen LogP contribution in [0.1, 0.15) is 5.56 Å². The van der Waals surface area contributed by atoms with Crippen molar-refractivity contribution in [2.75, 3.05) is 0 Å². The van der Waals surface area contributed by atoms with E-state index in [1.54, 1.807) is 6.07 Å². The number of nitrogens with one attached hydrogen (secondary N) is 1. The molecule has 5 heteroatoms. The summed E-state index contributed by atoms with van der Waals surface area (Å²) in [6, 6.07) is 21.7. The highest BCUT2D eigenvalue weighted by Gasteiger charge is 2.14. The minimum atomic E-state index is 0.192. The molecule has 1 aromatic heterocycles. The summed E-state index contributed by atoms with van der Waals surface area (Å²) >= 11 is 5.37. The zero-order chi connectivity index (χ0) is 16.5. The predicted octanol–water partition coefficient (Wildman–Crippen LogP) is 4.51. The summed E-state index contributed by atoms with van der Waals surface area (Å²) in [5, 5.41) is 19.7. The van der Waals surface area contributed by atoms with E-state index in [1.807, 2.05) is 65.2 Å². The fourth-order valence-electron chi connectivity index (χ4n) is 2.84. The second-order valence-corrected chi connectivity index (χ2v) is 6.03. The van der Waals surface area contributed by atoms with Crippen LogP contribution in [0.25, 0.3) is 22.2 Å². The van der Waals surface area contributed by atoms with E-state index in [0.717, 1.165) is 16.3 Å². The summed E-state index contributed by atoms with van der Waals surface area (Å²) in [6.07, 6.45) is 0. The molecule has 0 radical (unpaired) electrons. The largest absolute Gasteiger partial charge is 0.507 e. The molecule has 4 aromatic rings. The third-order valence-corrected chi connectivity index (χ3v) is 4.36. The molecule has 0 aliphatic rings. The van der Waals surface area contributed by atoms with E-state index in [4.69, 9.17) is 12.2 Å². The van der Waals surface area contributed by atoms with Crippen LogP contribution in [-0.2, 0) is 6.54 Å².